The number of amides is 1. The van der Waals surface area contributed by atoms with E-state index in [0.29, 0.717) is 5.69 Å². The number of rotatable bonds is 6. The molecule has 0 fully saturated rings. The maximum absolute atomic E-state index is 12.4. The lowest BCUT2D eigenvalue weighted by Gasteiger charge is -2.13. The molecule has 0 aliphatic heterocycles. The Morgan fingerprint density at radius 2 is 1.81 bits per heavy atom. The largest absolute Gasteiger partial charge is 0.425 e. The van der Waals surface area contributed by atoms with Crippen LogP contribution in [0.25, 0.3) is 0 Å². The Balaban J connectivity index is 2.04. The Morgan fingerprint density at radius 3 is 2.31 bits per heavy atom. The average Bonchev–Trinajstić information content (AvgIpc) is 2.87. The van der Waals surface area contributed by atoms with Crippen molar-refractivity contribution < 1.29 is 27.3 Å². The van der Waals surface area contributed by atoms with Gasteiger partial charge in [-0.1, -0.05) is 5.16 Å². The Kier molecular flexibility index (Phi) is 5.78. The van der Waals surface area contributed by atoms with E-state index in [1.807, 2.05) is 0 Å². The zero-order valence-corrected chi connectivity index (χ0v) is 15.5. The molecule has 0 bridgehead atoms. The van der Waals surface area contributed by atoms with Gasteiger partial charge in [0.05, 0.1) is 0 Å². The van der Waals surface area contributed by atoms with Gasteiger partial charge in [-0.05, 0) is 45.0 Å². The van der Waals surface area contributed by atoms with Gasteiger partial charge < -0.3 is 14.6 Å². The van der Waals surface area contributed by atoms with E-state index < -0.39 is 22.0 Å². The molecule has 0 aliphatic carbocycles. The van der Waals surface area contributed by atoms with Gasteiger partial charge in [0.2, 0.25) is 15.9 Å². The van der Waals surface area contributed by atoms with Crippen molar-refractivity contribution in [3.05, 3.63) is 35.7 Å². The number of aryl methyl sites for hydroxylation is 2. The lowest BCUT2D eigenvalue weighted by atomic mass is 10.3. The van der Waals surface area contributed by atoms with E-state index in [1.165, 1.54) is 39.8 Å². The Bertz CT molecular complexity index is 898. The fourth-order valence-corrected chi connectivity index (χ4v) is 3.73. The molecule has 9 nitrogen and oxygen atoms in total. The third-order valence-corrected chi connectivity index (χ3v) is 5.10. The number of carbonyl (C=O) groups excluding carboxylic acids is 2. The number of sulfonamides is 1. The van der Waals surface area contributed by atoms with E-state index in [0.717, 1.165) is 0 Å². The summed E-state index contributed by atoms with van der Waals surface area (Å²) in [6.45, 7) is 5.70. The summed E-state index contributed by atoms with van der Waals surface area (Å²) in [4.78, 5) is 23.0. The van der Waals surface area contributed by atoms with Crippen LogP contribution in [-0.2, 0) is 19.6 Å². The van der Waals surface area contributed by atoms with Crippen LogP contribution < -0.4 is 14.8 Å². The van der Waals surface area contributed by atoms with Crippen molar-refractivity contribution in [2.45, 2.75) is 38.6 Å². The molecule has 1 aromatic heterocycles. The van der Waals surface area contributed by atoms with Gasteiger partial charge in [-0.3, -0.25) is 4.79 Å². The molecule has 0 unspecified atom stereocenters. The van der Waals surface area contributed by atoms with E-state index in [1.54, 1.807) is 12.1 Å². The molecular weight excluding hydrogens is 362 g/mol. The van der Waals surface area contributed by atoms with Crippen molar-refractivity contribution >= 4 is 27.6 Å². The summed E-state index contributed by atoms with van der Waals surface area (Å²) in [6.07, 6.45) is 0. The number of nitrogens with one attached hydrogen (secondary N) is 2. The van der Waals surface area contributed by atoms with Crippen LogP contribution in [0, 0.1) is 13.8 Å². The second-order valence-corrected chi connectivity index (χ2v) is 7.27. The molecule has 0 spiro atoms. The normalized spacial score (nSPS) is 12.5. The number of anilines is 1. The first-order valence-corrected chi connectivity index (χ1v) is 9.13. The number of esters is 1. The number of carbonyl (C=O) groups is 2. The number of hydrogen-bond donors (Lipinski definition) is 2. The average molecular weight is 381 g/mol. The summed E-state index contributed by atoms with van der Waals surface area (Å²) >= 11 is 0. The first-order valence-electron chi connectivity index (χ1n) is 7.64. The van der Waals surface area contributed by atoms with Crippen molar-refractivity contribution in [3.63, 3.8) is 0 Å². The summed E-state index contributed by atoms with van der Waals surface area (Å²) in [5.41, 5.74) is 0.744. The minimum absolute atomic E-state index is 0.100. The topological polar surface area (TPSA) is 128 Å². The smallest absolute Gasteiger partial charge is 0.329 e. The minimum atomic E-state index is -3.99. The summed E-state index contributed by atoms with van der Waals surface area (Å²) in [6, 6.07) is 4.95. The standard InChI is InChI=1S/C16H19N3O6S/c1-9-15(11(3)25-18-9)26(22,23)19-10(2)16(21)24-14-7-5-13(6-8-14)17-12(4)20/h5-8,10,19H,1-4H3,(H,17,20)/t10-/m0/s1. The summed E-state index contributed by atoms with van der Waals surface area (Å²) in [5.74, 6) is -0.665. The molecule has 1 amide bonds. The predicted molar refractivity (Wildman–Crippen MR) is 92.1 cm³/mol. The van der Waals surface area contributed by atoms with Gasteiger partial charge in [-0.2, -0.15) is 4.72 Å². The van der Waals surface area contributed by atoms with Crippen molar-refractivity contribution in [2.75, 3.05) is 5.32 Å². The fraction of sp³-hybridized carbons (Fsp3) is 0.312. The summed E-state index contributed by atoms with van der Waals surface area (Å²) < 4.78 is 37.0. The molecule has 2 N–H and O–H groups in total. The Morgan fingerprint density at radius 1 is 1.19 bits per heavy atom. The van der Waals surface area contributed by atoms with Gasteiger partial charge in [0.25, 0.3) is 0 Å². The van der Waals surface area contributed by atoms with E-state index in [4.69, 9.17) is 9.26 Å². The molecule has 1 heterocycles. The van der Waals surface area contributed by atoms with Crippen LogP contribution >= 0.6 is 0 Å². The van der Waals surface area contributed by atoms with Crippen LogP contribution in [0.2, 0.25) is 0 Å². The van der Waals surface area contributed by atoms with Crippen molar-refractivity contribution in [1.82, 2.24) is 9.88 Å². The van der Waals surface area contributed by atoms with Crippen LogP contribution in [0.3, 0.4) is 0 Å². The molecule has 10 heteroatoms. The number of benzene rings is 1. The SMILES string of the molecule is CC(=O)Nc1ccc(OC(=O)[C@H](C)NS(=O)(=O)c2c(C)noc2C)cc1. The Labute approximate surface area is 150 Å². The molecule has 0 saturated carbocycles. The van der Waals surface area contributed by atoms with Gasteiger partial charge in [-0.15, -0.1) is 0 Å². The quantitative estimate of drug-likeness (QED) is 0.573. The van der Waals surface area contributed by atoms with Crippen molar-refractivity contribution in [2.24, 2.45) is 0 Å². The van der Waals surface area contributed by atoms with Crippen LogP contribution in [0.1, 0.15) is 25.3 Å². The van der Waals surface area contributed by atoms with E-state index in [-0.39, 0.29) is 28.0 Å². The van der Waals surface area contributed by atoms with Crippen molar-refractivity contribution in [1.29, 1.82) is 0 Å². The molecule has 2 rings (SSSR count). The third-order valence-electron chi connectivity index (χ3n) is 3.32. The highest BCUT2D eigenvalue weighted by Crippen LogP contribution is 2.20. The summed E-state index contributed by atoms with van der Waals surface area (Å²) in [7, 11) is -3.99. The second-order valence-electron chi connectivity index (χ2n) is 5.62. The van der Waals surface area contributed by atoms with E-state index >= 15 is 0 Å². The Hall–Kier alpha value is -2.72. The first kappa shape index (κ1) is 19.6. The highest BCUT2D eigenvalue weighted by Gasteiger charge is 2.28. The maximum Gasteiger partial charge on any atom is 0.329 e. The zero-order chi connectivity index (χ0) is 19.5. The lowest BCUT2D eigenvalue weighted by molar-refractivity contribution is -0.135. The monoisotopic (exact) mass is 381 g/mol. The molecular formula is C16H19N3O6S. The van der Waals surface area contributed by atoms with Gasteiger partial charge in [-0.25, -0.2) is 13.2 Å². The van der Waals surface area contributed by atoms with Gasteiger partial charge in [0.15, 0.2) is 5.76 Å². The predicted octanol–water partition coefficient (Wildman–Crippen LogP) is 1.52. The van der Waals surface area contributed by atoms with Crippen LogP contribution in [0.4, 0.5) is 5.69 Å². The molecule has 1 atom stereocenters. The summed E-state index contributed by atoms with van der Waals surface area (Å²) in [5, 5.41) is 6.17. The zero-order valence-electron chi connectivity index (χ0n) is 14.7. The highest BCUT2D eigenvalue weighted by atomic mass is 32.2. The molecule has 0 radical (unpaired) electrons. The van der Waals surface area contributed by atoms with E-state index in [9.17, 15) is 18.0 Å². The van der Waals surface area contributed by atoms with Gasteiger partial charge in [0.1, 0.15) is 22.4 Å². The van der Waals surface area contributed by atoms with Crippen LogP contribution in [-0.4, -0.2) is 31.5 Å². The number of nitrogens with zero attached hydrogens (tertiary/aromatic N) is 1. The molecule has 140 valence electrons. The minimum Gasteiger partial charge on any atom is -0.425 e. The molecule has 0 saturated heterocycles. The van der Waals surface area contributed by atoms with Crippen LogP contribution in [0.5, 0.6) is 5.75 Å². The van der Waals surface area contributed by atoms with Crippen LogP contribution in [0.15, 0.2) is 33.7 Å². The maximum atomic E-state index is 12.4. The molecule has 0 aliphatic rings. The first-order chi connectivity index (χ1) is 12.1. The second kappa shape index (κ2) is 7.67. The lowest BCUT2D eigenvalue weighted by Crippen LogP contribution is -2.41. The third kappa shape index (κ3) is 4.67. The fourth-order valence-electron chi connectivity index (χ4n) is 2.21. The molecule has 1 aromatic carbocycles. The van der Waals surface area contributed by atoms with Gasteiger partial charge >= 0.3 is 5.97 Å². The number of hydrogen-bond acceptors (Lipinski definition) is 7. The van der Waals surface area contributed by atoms with Gasteiger partial charge in [0, 0.05) is 12.6 Å². The molecule has 2 aromatic rings. The number of aromatic nitrogens is 1. The highest BCUT2D eigenvalue weighted by molar-refractivity contribution is 7.89. The molecule has 26 heavy (non-hydrogen) atoms. The van der Waals surface area contributed by atoms with E-state index in [2.05, 4.69) is 15.2 Å². The number of ether oxygens (including phenoxy) is 1. The van der Waals surface area contributed by atoms with Crippen molar-refractivity contribution in [3.8, 4) is 5.75 Å².